The van der Waals surface area contributed by atoms with Gasteiger partial charge in [0, 0.05) is 29.6 Å². The monoisotopic (exact) mass is 498 g/mol. The molecule has 2 aromatic rings. The first-order valence-corrected chi connectivity index (χ1v) is 13.2. The summed E-state index contributed by atoms with van der Waals surface area (Å²) < 4.78 is 5.15. The largest absolute Gasteiger partial charge is 0.442 e. The molecule has 1 aromatic carbocycles. The fourth-order valence-electron chi connectivity index (χ4n) is 4.13. The molecule has 2 unspecified atom stereocenters. The summed E-state index contributed by atoms with van der Waals surface area (Å²) in [6, 6.07) is 8.76. The van der Waals surface area contributed by atoms with Crippen molar-refractivity contribution in [2.24, 2.45) is 0 Å². The van der Waals surface area contributed by atoms with Crippen LogP contribution >= 0.6 is 11.3 Å². The van der Waals surface area contributed by atoms with Crippen LogP contribution in [-0.4, -0.2) is 56.3 Å². The number of anilines is 1. The summed E-state index contributed by atoms with van der Waals surface area (Å²) in [4.78, 5) is 3.23. The normalized spacial score (nSPS) is 16.3. The molecule has 0 saturated carbocycles. The maximum atomic E-state index is 8.56. The van der Waals surface area contributed by atoms with Gasteiger partial charge in [-0.3, -0.25) is 10.3 Å². The molecule has 0 fully saturated rings. The second kappa shape index (κ2) is 12.4. The van der Waals surface area contributed by atoms with Gasteiger partial charge in [-0.25, -0.2) is 0 Å². The number of rotatable bonds is 10. The van der Waals surface area contributed by atoms with Crippen LogP contribution in [0.2, 0.25) is 0 Å². The number of benzene rings is 1. The number of likely N-dealkylation sites (N-methyl/N-ethyl adjacent to an activating group) is 1. The number of nitrogens with zero attached hydrogens (tertiary/aromatic N) is 2. The molecule has 0 aliphatic carbocycles. The Morgan fingerprint density at radius 1 is 1.17 bits per heavy atom. The summed E-state index contributed by atoms with van der Waals surface area (Å²) >= 11 is 1.71. The van der Waals surface area contributed by atoms with Crippen molar-refractivity contribution in [1.82, 2.24) is 26.2 Å². The number of quaternary nitrogens is 1. The Labute approximate surface area is 213 Å². The summed E-state index contributed by atoms with van der Waals surface area (Å²) in [6.07, 6.45) is 1.76. The van der Waals surface area contributed by atoms with Crippen LogP contribution in [-0.2, 0) is 0 Å². The van der Waals surface area contributed by atoms with Gasteiger partial charge in [0.25, 0.3) is 6.17 Å². The van der Waals surface area contributed by atoms with E-state index in [1.165, 1.54) is 16.0 Å². The lowest BCUT2D eigenvalue weighted by molar-refractivity contribution is -0.392. The molecule has 0 radical (unpaired) electrons. The van der Waals surface area contributed by atoms with Gasteiger partial charge in [0.05, 0.1) is 5.56 Å². The van der Waals surface area contributed by atoms with Gasteiger partial charge in [-0.1, -0.05) is 17.7 Å². The van der Waals surface area contributed by atoms with Gasteiger partial charge < -0.3 is 16.4 Å². The SMILES string of the molecule is CNCCNCCCC(C)NNC1=[N+]=C(c2ccc(C)cc2)c2c(sc(C)c2C)N(C(C)=N)C1[NH3+]. The average molecular weight is 499 g/mol. The molecule has 0 bridgehead atoms. The first kappa shape index (κ1) is 27.1. The molecule has 3 rings (SSSR count). The van der Waals surface area contributed by atoms with Crippen molar-refractivity contribution in [1.29, 1.82) is 5.41 Å². The number of fused-ring (bicyclic) bond motifs is 1. The van der Waals surface area contributed by atoms with E-state index in [4.69, 9.17) is 10.1 Å². The van der Waals surface area contributed by atoms with E-state index in [-0.39, 0.29) is 12.2 Å². The first-order valence-electron chi connectivity index (χ1n) is 12.4. The highest BCUT2D eigenvalue weighted by atomic mass is 32.1. The predicted octanol–water partition coefficient (Wildman–Crippen LogP) is 1.43. The Balaban J connectivity index is 1.91. The lowest BCUT2D eigenvalue weighted by Gasteiger charge is -2.23. The molecule has 2 heterocycles. The van der Waals surface area contributed by atoms with Crippen LogP contribution in [0.15, 0.2) is 24.3 Å². The molecule has 8 N–H and O–H groups in total. The minimum absolute atomic E-state index is 0.259. The fraction of sp³-hybridized carbons (Fsp3) is 0.500. The molecule has 0 amide bonds. The molecule has 35 heavy (non-hydrogen) atoms. The van der Waals surface area contributed by atoms with Crippen LogP contribution in [0.4, 0.5) is 5.00 Å². The lowest BCUT2D eigenvalue weighted by atomic mass is 9.99. The van der Waals surface area contributed by atoms with Crippen LogP contribution < -0.4 is 36.8 Å². The van der Waals surface area contributed by atoms with E-state index >= 15 is 0 Å². The van der Waals surface area contributed by atoms with E-state index in [0.717, 1.165) is 54.3 Å². The highest BCUT2D eigenvalue weighted by Gasteiger charge is 2.40. The van der Waals surface area contributed by atoms with Crippen molar-refractivity contribution in [2.75, 3.05) is 31.6 Å². The maximum Gasteiger partial charge on any atom is 0.442 e. The molecule has 1 aliphatic heterocycles. The van der Waals surface area contributed by atoms with E-state index in [2.05, 4.69) is 79.2 Å². The Morgan fingerprint density at radius 3 is 2.54 bits per heavy atom. The summed E-state index contributed by atoms with van der Waals surface area (Å²) in [7, 11) is 1.97. The van der Waals surface area contributed by atoms with Crippen LogP contribution in [0.3, 0.4) is 0 Å². The zero-order chi connectivity index (χ0) is 25.5. The second-order valence-electron chi connectivity index (χ2n) is 9.31. The average Bonchev–Trinajstić information content (AvgIpc) is 3.03. The van der Waals surface area contributed by atoms with Crippen molar-refractivity contribution in [2.45, 2.75) is 59.7 Å². The maximum absolute atomic E-state index is 8.56. The van der Waals surface area contributed by atoms with Gasteiger partial charge in [0.1, 0.15) is 10.8 Å². The van der Waals surface area contributed by atoms with Crippen LogP contribution in [0.1, 0.15) is 53.8 Å². The molecule has 9 heteroatoms. The van der Waals surface area contributed by atoms with Gasteiger partial charge >= 0.3 is 5.84 Å². The molecular formula is C26H42N8S+2. The molecule has 8 nitrogen and oxygen atoms in total. The standard InChI is InChI=1S/C26H40N8S/c1-16-9-11-21(12-10-16)23-22-18(3)19(4)35-26(22)34(20(5)27)24(28)25(31-23)33-32-17(2)8-7-13-30-15-14-29-6/h9-12,17,24,27,29-30,32H,7-8,13-15,28H2,1-6H3/p+2. The molecular weight excluding hydrogens is 456 g/mol. The van der Waals surface area contributed by atoms with Crippen LogP contribution in [0.25, 0.3) is 0 Å². The fourth-order valence-corrected chi connectivity index (χ4v) is 5.39. The summed E-state index contributed by atoms with van der Waals surface area (Å²) in [5, 5.41) is 16.2. The Hall–Kier alpha value is -2.52. The van der Waals surface area contributed by atoms with E-state index in [1.54, 1.807) is 11.3 Å². The summed E-state index contributed by atoms with van der Waals surface area (Å²) in [5.41, 5.74) is 16.7. The summed E-state index contributed by atoms with van der Waals surface area (Å²) in [5.74, 6) is 1.17. The quantitative estimate of drug-likeness (QED) is 0.0975. The smallest absolute Gasteiger partial charge is 0.326 e. The summed E-state index contributed by atoms with van der Waals surface area (Å²) in [6.45, 7) is 13.3. The zero-order valence-electron chi connectivity index (χ0n) is 22.0. The number of hydrogen-bond donors (Lipinski definition) is 6. The number of hydrogen-bond acceptors (Lipinski definition) is 6. The number of thiophene rings is 1. The van der Waals surface area contributed by atoms with Crippen LogP contribution in [0, 0.1) is 26.2 Å². The Kier molecular flexibility index (Phi) is 9.63. The highest BCUT2D eigenvalue weighted by Crippen LogP contribution is 2.38. The van der Waals surface area contributed by atoms with Crippen molar-refractivity contribution < 1.29 is 5.73 Å². The zero-order valence-corrected chi connectivity index (χ0v) is 22.8. The van der Waals surface area contributed by atoms with E-state index in [9.17, 15) is 0 Å². The predicted molar refractivity (Wildman–Crippen MR) is 150 cm³/mol. The van der Waals surface area contributed by atoms with Crippen molar-refractivity contribution >= 4 is 33.7 Å². The van der Waals surface area contributed by atoms with Gasteiger partial charge in [0.15, 0.2) is 0 Å². The molecule has 1 aliphatic rings. The minimum atomic E-state index is -0.352. The Bertz CT molecular complexity index is 1080. The van der Waals surface area contributed by atoms with Crippen molar-refractivity contribution in [3.63, 3.8) is 0 Å². The van der Waals surface area contributed by atoms with E-state index in [1.807, 2.05) is 18.9 Å². The van der Waals surface area contributed by atoms with Crippen molar-refractivity contribution in [3.05, 3.63) is 51.4 Å². The lowest BCUT2D eigenvalue weighted by Crippen LogP contribution is -2.77. The van der Waals surface area contributed by atoms with Gasteiger partial charge in [-0.15, -0.1) is 11.3 Å². The number of amidine groups is 2. The Morgan fingerprint density at radius 2 is 1.89 bits per heavy atom. The van der Waals surface area contributed by atoms with Gasteiger partial charge in [-0.2, -0.15) is 15.5 Å². The van der Waals surface area contributed by atoms with Crippen molar-refractivity contribution in [3.8, 4) is 0 Å². The third-order valence-corrected chi connectivity index (χ3v) is 7.56. The molecule has 190 valence electrons. The second-order valence-corrected chi connectivity index (χ2v) is 10.5. The highest BCUT2D eigenvalue weighted by molar-refractivity contribution is 7.17. The topological polar surface area (TPSA) is 117 Å². The van der Waals surface area contributed by atoms with Gasteiger partial charge in [0.2, 0.25) is 5.71 Å². The first-order chi connectivity index (χ1) is 16.7. The van der Waals surface area contributed by atoms with E-state index in [0.29, 0.717) is 11.7 Å². The van der Waals surface area contributed by atoms with E-state index < -0.39 is 0 Å². The third-order valence-electron chi connectivity index (χ3n) is 6.36. The number of hydrazine groups is 1. The molecule has 0 spiro atoms. The molecule has 0 saturated heterocycles. The number of aryl methyl sites for hydroxylation is 2. The van der Waals surface area contributed by atoms with Gasteiger partial charge in [-0.05, 0) is 78.7 Å². The molecule has 1 aromatic heterocycles. The molecule has 2 atom stereocenters. The third kappa shape index (κ3) is 6.58. The van der Waals surface area contributed by atoms with Crippen LogP contribution in [0.5, 0.6) is 0 Å². The minimum Gasteiger partial charge on any atom is -0.326 e. The number of nitrogens with one attached hydrogen (secondary N) is 5.